The van der Waals surface area contributed by atoms with Crippen molar-refractivity contribution in [2.45, 2.75) is 57.0 Å². The van der Waals surface area contributed by atoms with Crippen molar-refractivity contribution < 1.29 is 14.6 Å². The molecule has 1 N–H and O–H groups in total. The molecule has 2 radical (unpaired) electrons. The van der Waals surface area contributed by atoms with E-state index in [-0.39, 0.29) is 6.23 Å². The van der Waals surface area contributed by atoms with E-state index in [0.717, 1.165) is 32.2 Å². The second-order valence-corrected chi connectivity index (χ2v) is 5.18. The molecule has 0 spiro atoms. The Labute approximate surface area is 111 Å². The highest BCUT2D eigenvalue weighted by Crippen LogP contribution is 2.34. The molecule has 1 saturated heterocycles. The third-order valence-electron chi connectivity index (χ3n) is 3.82. The molecule has 1 rings (SSSR count). The maximum atomic E-state index is 11.3. The van der Waals surface area contributed by atoms with E-state index in [4.69, 9.17) is 12.6 Å². The van der Waals surface area contributed by atoms with Gasteiger partial charge in [-0.25, -0.2) is 0 Å². The molecular formula is C13H24BNO3. The Hall–Kier alpha value is -0.545. The van der Waals surface area contributed by atoms with Crippen LogP contribution in [0.2, 0.25) is 5.31 Å². The third-order valence-corrected chi connectivity index (χ3v) is 3.82. The smallest absolute Gasteiger partial charge is 0.300 e. The fraction of sp³-hybridized carbons (Fsp3) is 0.923. The van der Waals surface area contributed by atoms with Gasteiger partial charge in [-0.2, -0.15) is 0 Å². The maximum Gasteiger partial charge on any atom is 0.300 e. The first-order chi connectivity index (χ1) is 8.53. The predicted molar refractivity (Wildman–Crippen MR) is 71.8 cm³/mol. The first-order valence-corrected chi connectivity index (χ1v) is 6.82. The van der Waals surface area contributed by atoms with E-state index in [1.807, 2.05) is 6.92 Å². The molecule has 0 aliphatic carbocycles. The summed E-state index contributed by atoms with van der Waals surface area (Å²) in [5.74, 6) is -0.885. The molecule has 0 aromatic carbocycles. The van der Waals surface area contributed by atoms with Gasteiger partial charge in [0.15, 0.2) is 0 Å². The standard InChI is InChI=1S/C13H24BNO3/c1-3-4-7-13(14,12(16)17)8-10-15-9-5-6-11(15)18-2/h11H,3-10H2,1-2H3,(H,16,17). The van der Waals surface area contributed by atoms with E-state index < -0.39 is 11.3 Å². The van der Waals surface area contributed by atoms with Crippen LogP contribution in [0.4, 0.5) is 0 Å². The number of hydrogen-bond acceptors (Lipinski definition) is 3. The Kier molecular flexibility index (Phi) is 6.16. The Balaban J connectivity index is 2.48. The first kappa shape index (κ1) is 15.5. The van der Waals surface area contributed by atoms with Crippen molar-refractivity contribution in [2.75, 3.05) is 20.2 Å². The molecule has 0 bridgehead atoms. The molecule has 0 aromatic heterocycles. The lowest BCUT2D eigenvalue weighted by atomic mass is 9.63. The van der Waals surface area contributed by atoms with E-state index >= 15 is 0 Å². The van der Waals surface area contributed by atoms with Crippen molar-refractivity contribution in [1.29, 1.82) is 0 Å². The number of methoxy groups -OCH3 is 1. The molecule has 0 aromatic rings. The van der Waals surface area contributed by atoms with Gasteiger partial charge < -0.3 is 9.84 Å². The van der Waals surface area contributed by atoms with E-state index in [1.165, 1.54) is 0 Å². The lowest BCUT2D eigenvalue weighted by Crippen LogP contribution is -2.35. The summed E-state index contributed by atoms with van der Waals surface area (Å²) < 4.78 is 5.37. The molecule has 1 aliphatic heterocycles. The minimum absolute atomic E-state index is 0.134. The summed E-state index contributed by atoms with van der Waals surface area (Å²) >= 11 is 0. The number of carboxylic acids is 1. The number of aliphatic carboxylic acids is 1. The van der Waals surface area contributed by atoms with E-state index in [2.05, 4.69) is 4.90 Å². The maximum absolute atomic E-state index is 11.3. The molecule has 1 aliphatic rings. The van der Waals surface area contributed by atoms with Gasteiger partial charge in [0.1, 0.15) is 6.23 Å². The lowest BCUT2D eigenvalue weighted by Gasteiger charge is -2.30. The summed E-state index contributed by atoms with van der Waals surface area (Å²) in [5, 5.41) is 8.19. The average Bonchev–Trinajstić information content (AvgIpc) is 2.81. The quantitative estimate of drug-likeness (QED) is 0.672. The number of hydrogen-bond donors (Lipinski definition) is 1. The van der Waals surface area contributed by atoms with Gasteiger partial charge in [0.05, 0.1) is 7.85 Å². The van der Waals surface area contributed by atoms with Gasteiger partial charge in [0, 0.05) is 25.5 Å². The molecule has 0 amide bonds. The van der Waals surface area contributed by atoms with Crippen LogP contribution in [-0.4, -0.2) is 50.2 Å². The zero-order valence-electron chi connectivity index (χ0n) is 11.5. The summed E-state index contributed by atoms with van der Waals surface area (Å²) in [6.07, 6.45) is 5.13. The van der Waals surface area contributed by atoms with Gasteiger partial charge in [-0.1, -0.05) is 19.8 Å². The fourth-order valence-electron chi connectivity index (χ4n) is 2.49. The number of unbranched alkanes of at least 4 members (excludes halogenated alkanes) is 1. The first-order valence-electron chi connectivity index (χ1n) is 6.82. The molecule has 1 fully saturated rings. The van der Waals surface area contributed by atoms with Crippen LogP contribution in [0.5, 0.6) is 0 Å². The highest BCUT2D eigenvalue weighted by atomic mass is 16.5. The van der Waals surface area contributed by atoms with Crippen molar-refractivity contribution in [3.05, 3.63) is 0 Å². The van der Waals surface area contributed by atoms with Gasteiger partial charge in [-0.05, 0) is 25.7 Å². The van der Waals surface area contributed by atoms with Crippen molar-refractivity contribution in [2.24, 2.45) is 0 Å². The normalized spacial score (nSPS) is 24.0. The number of ether oxygens (including phenoxy) is 1. The van der Waals surface area contributed by atoms with Gasteiger partial charge in [0.2, 0.25) is 0 Å². The number of likely N-dealkylation sites (tertiary alicyclic amines) is 1. The van der Waals surface area contributed by atoms with Crippen LogP contribution >= 0.6 is 0 Å². The summed E-state index contributed by atoms with van der Waals surface area (Å²) in [6.45, 7) is 3.72. The second kappa shape index (κ2) is 7.14. The summed E-state index contributed by atoms with van der Waals surface area (Å²) in [4.78, 5) is 13.5. The molecule has 1 heterocycles. The van der Waals surface area contributed by atoms with Crippen molar-refractivity contribution >= 4 is 13.8 Å². The molecule has 0 saturated carbocycles. The molecule has 102 valence electrons. The Morgan fingerprint density at radius 3 is 2.83 bits per heavy atom. The van der Waals surface area contributed by atoms with E-state index in [1.54, 1.807) is 7.11 Å². The lowest BCUT2D eigenvalue weighted by molar-refractivity contribution is -0.141. The van der Waals surface area contributed by atoms with Gasteiger partial charge in [-0.15, -0.1) is 0 Å². The number of nitrogens with zero attached hydrogens (tertiary/aromatic N) is 1. The van der Waals surface area contributed by atoms with Crippen LogP contribution < -0.4 is 0 Å². The minimum atomic E-state index is -1.09. The molecule has 18 heavy (non-hydrogen) atoms. The molecule has 4 nitrogen and oxygen atoms in total. The van der Waals surface area contributed by atoms with Crippen LogP contribution in [0.1, 0.15) is 45.4 Å². The van der Waals surface area contributed by atoms with Gasteiger partial charge in [-0.3, -0.25) is 9.69 Å². The highest BCUT2D eigenvalue weighted by Gasteiger charge is 2.33. The summed E-state index contributed by atoms with van der Waals surface area (Å²) in [6, 6.07) is 0. The molecular weight excluding hydrogens is 229 g/mol. The Morgan fingerprint density at radius 2 is 2.28 bits per heavy atom. The SMILES string of the molecule is [B]C(CCCC)(CCN1CCCC1OC)C(=O)O. The van der Waals surface area contributed by atoms with Crippen LogP contribution in [0.25, 0.3) is 0 Å². The largest absolute Gasteiger partial charge is 0.481 e. The van der Waals surface area contributed by atoms with E-state index in [0.29, 0.717) is 19.4 Å². The van der Waals surface area contributed by atoms with Crippen molar-refractivity contribution in [3.8, 4) is 0 Å². The van der Waals surface area contributed by atoms with Crippen molar-refractivity contribution in [3.63, 3.8) is 0 Å². The van der Waals surface area contributed by atoms with Gasteiger partial charge in [0.25, 0.3) is 0 Å². The zero-order valence-corrected chi connectivity index (χ0v) is 11.5. The minimum Gasteiger partial charge on any atom is -0.481 e. The number of carboxylic acid groups (broad SMARTS) is 1. The monoisotopic (exact) mass is 253 g/mol. The predicted octanol–water partition coefficient (Wildman–Crippen LogP) is 2.05. The fourth-order valence-corrected chi connectivity index (χ4v) is 2.49. The topological polar surface area (TPSA) is 49.8 Å². The number of carbonyl (C=O) groups is 1. The van der Waals surface area contributed by atoms with Crippen LogP contribution in [-0.2, 0) is 9.53 Å². The van der Waals surface area contributed by atoms with Crippen LogP contribution in [0.15, 0.2) is 0 Å². The van der Waals surface area contributed by atoms with Gasteiger partial charge >= 0.3 is 5.97 Å². The Morgan fingerprint density at radius 1 is 1.56 bits per heavy atom. The summed E-state index contributed by atoms with van der Waals surface area (Å²) in [5.41, 5.74) is 0. The summed E-state index contributed by atoms with van der Waals surface area (Å²) in [7, 11) is 7.73. The van der Waals surface area contributed by atoms with E-state index in [9.17, 15) is 9.90 Å². The van der Waals surface area contributed by atoms with Crippen LogP contribution in [0.3, 0.4) is 0 Å². The second-order valence-electron chi connectivity index (χ2n) is 5.18. The molecule has 5 heteroatoms. The van der Waals surface area contributed by atoms with Crippen molar-refractivity contribution in [1.82, 2.24) is 4.90 Å². The average molecular weight is 253 g/mol. The molecule has 2 unspecified atom stereocenters. The number of rotatable bonds is 8. The van der Waals surface area contributed by atoms with Crippen LogP contribution in [0, 0.1) is 0 Å². The highest BCUT2D eigenvalue weighted by molar-refractivity contribution is 6.26. The zero-order chi connectivity index (χ0) is 13.6. The molecule has 2 atom stereocenters. The Bertz CT molecular complexity index is 275. The third kappa shape index (κ3) is 3.99.